The fraction of sp³-hybridized carbons (Fsp3) is 0.333. The van der Waals surface area contributed by atoms with E-state index in [-0.39, 0.29) is 5.82 Å². The Hall–Kier alpha value is -1.32. The van der Waals surface area contributed by atoms with Gasteiger partial charge < -0.3 is 5.32 Å². The first kappa shape index (κ1) is 14.6. The summed E-state index contributed by atoms with van der Waals surface area (Å²) in [5, 5.41) is 4.10. The highest BCUT2D eigenvalue weighted by Gasteiger charge is 2.28. The molecule has 110 valence electrons. The van der Waals surface area contributed by atoms with Gasteiger partial charge in [-0.25, -0.2) is 4.39 Å². The molecule has 0 aliphatic carbocycles. The molecule has 1 heterocycles. The van der Waals surface area contributed by atoms with Crippen LogP contribution in [0.2, 0.25) is 0 Å². The molecule has 0 saturated carbocycles. The van der Waals surface area contributed by atoms with Gasteiger partial charge in [-0.15, -0.1) is 11.8 Å². The zero-order valence-electron chi connectivity index (χ0n) is 12.2. The predicted octanol–water partition coefficient (Wildman–Crippen LogP) is 4.06. The van der Waals surface area contributed by atoms with E-state index in [2.05, 4.69) is 36.5 Å². The Kier molecular flexibility index (Phi) is 4.61. The van der Waals surface area contributed by atoms with Crippen molar-refractivity contribution in [3.05, 3.63) is 65.5 Å². The van der Waals surface area contributed by atoms with E-state index in [4.69, 9.17) is 0 Å². The van der Waals surface area contributed by atoms with Crippen molar-refractivity contribution in [1.29, 1.82) is 0 Å². The Morgan fingerprint density at radius 1 is 1.24 bits per heavy atom. The van der Waals surface area contributed by atoms with Crippen LogP contribution < -0.4 is 5.32 Å². The third kappa shape index (κ3) is 3.47. The van der Waals surface area contributed by atoms with Crippen LogP contribution in [-0.2, 0) is 12.8 Å². The van der Waals surface area contributed by atoms with Gasteiger partial charge in [0.2, 0.25) is 0 Å². The van der Waals surface area contributed by atoms with Crippen molar-refractivity contribution >= 4 is 11.8 Å². The lowest BCUT2D eigenvalue weighted by Crippen LogP contribution is -2.39. The van der Waals surface area contributed by atoms with Gasteiger partial charge >= 0.3 is 0 Å². The monoisotopic (exact) mass is 301 g/mol. The lowest BCUT2D eigenvalue weighted by Gasteiger charge is -2.24. The average molecular weight is 301 g/mol. The summed E-state index contributed by atoms with van der Waals surface area (Å²) in [7, 11) is 0. The van der Waals surface area contributed by atoms with Crippen molar-refractivity contribution in [3.8, 4) is 0 Å². The Bertz CT molecular complexity index is 589. The molecule has 1 aliphatic heterocycles. The second kappa shape index (κ2) is 6.63. The van der Waals surface area contributed by atoms with Crippen LogP contribution >= 0.6 is 11.8 Å². The SMILES string of the molecule is CCNC(Cc1cccc(F)c1)C1Cc2ccccc2S1. The number of nitrogens with one attached hydrogen (secondary N) is 1. The minimum Gasteiger partial charge on any atom is -0.313 e. The van der Waals surface area contributed by atoms with Crippen molar-refractivity contribution in [1.82, 2.24) is 5.32 Å². The summed E-state index contributed by atoms with van der Waals surface area (Å²) in [6.07, 6.45) is 1.96. The molecule has 0 radical (unpaired) electrons. The molecule has 3 heteroatoms. The fourth-order valence-electron chi connectivity index (χ4n) is 2.95. The van der Waals surface area contributed by atoms with Crippen LogP contribution in [0.25, 0.3) is 0 Å². The molecule has 3 rings (SSSR count). The van der Waals surface area contributed by atoms with Crippen molar-refractivity contribution in [3.63, 3.8) is 0 Å². The van der Waals surface area contributed by atoms with Crippen molar-refractivity contribution in [2.75, 3.05) is 6.54 Å². The van der Waals surface area contributed by atoms with Crippen molar-refractivity contribution in [2.45, 2.75) is 36.0 Å². The van der Waals surface area contributed by atoms with Crippen LogP contribution in [0.1, 0.15) is 18.1 Å². The van der Waals surface area contributed by atoms with E-state index in [1.807, 2.05) is 17.8 Å². The second-order valence-electron chi connectivity index (χ2n) is 5.47. The minimum atomic E-state index is -0.148. The van der Waals surface area contributed by atoms with Gasteiger partial charge in [-0.05, 0) is 48.7 Å². The standard InChI is InChI=1S/C18H20FNS/c1-2-20-16(11-13-6-5-8-15(19)10-13)18-12-14-7-3-4-9-17(14)21-18/h3-10,16,18,20H,2,11-12H2,1H3. The van der Waals surface area contributed by atoms with E-state index in [0.29, 0.717) is 11.3 Å². The number of benzene rings is 2. The number of thioether (sulfide) groups is 1. The third-order valence-electron chi connectivity index (χ3n) is 3.93. The van der Waals surface area contributed by atoms with Gasteiger partial charge in [0.25, 0.3) is 0 Å². The van der Waals surface area contributed by atoms with E-state index in [1.165, 1.54) is 16.5 Å². The molecule has 0 spiro atoms. The first-order valence-electron chi connectivity index (χ1n) is 7.48. The van der Waals surface area contributed by atoms with Gasteiger partial charge in [-0.1, -0.05) is 37.3 Å². The van der Waals surface area contributed by atoms with Crippen LogP contribution in [0.15, 0.2) is 53.4 Å². The number of hydrogen-bond acceptors (Lipinski definition) is 2. The molecule has 0 fully saturated rings. The summed E-state index contributed by atoms with van der Waals surface area (Å²) in [5.74, 6) is -0.148. The topological polar surface area (TPSA) is 12.0 Å². The molecule has 0 amide bonds. The number of fused-ring (bicyclic) bond motifs is 1. The molecule has 2 unspecified atom stereocenters. The first-order valence-corrected chi connectivity index (χ1v) is 8.36. The molecule has 0 bridgehead atoms. The van der Waals surface area contributed by atoms with Gasteiger partial charge in [0, 0.05) is 16.2 Å². The largest absolute Gasteiger partial charge is 0.313 e. The molecule has 2 atom stereocenters. The van der Waals surface area contributed by atoms with E-state index < -0.39 is 0 Å². The number of halogens is 1. The maximum absolute atomic E-state index is 13.4. The Morgan fingerprint density at radius 3 is 2.86 bits per heavy atom. The molecule has 0 saturated heterocycles. The normalized spacial score (nSPS) is 18.5. The summed E-state index contributed by atoms with van der Waals surface area (Å²) < 4.78 is 13.4. The van der Waals surface area contributed by atoms with E-state index in [9.17, 15) is 4.39 Å². The Labute approximate surface area is 130 Å². The molecule has 0 aromatic heterocycles. The van der Waals surface area contributed by atoms with E-state index >= 15 is 0 Å². The van der Waals surface area contributed by atoms with E-state index in [0.717, 1.165) is 24.9 Å². The smallest absolute Gasteiger partial charge is 0.123 e. The quantitative estimate of drug-likeness (QED) is 0.893. The third-order valence-corrected chi connectivity index (χ3v) is 5.38. The summed E-state index contributed by atoms with van der Waals surface area (Å²) >= 11 is 1.95. The van der Waals surface area contributed by atoms with Gasteiger partial charge in [-0.2, -0.15) is 0 Å². The Balaban J connectivity index is 1.74. The summed E-state index contributed by atoms with van der Waals surface area (Å²) in [6, 6.07) is 16.0. The van der Waals surface area contributed by atoms with Crippen LogP contribution in [-0.4, -0.2) is 17.8 Å². The molecular formula is C18H20FNS. The lowest BCUT2D eigenvalue weighted by molar-refractivity contribution is 0.504. The predicted molar refractivity (Wildman–Crippen MR) is 87.4 cm³/mol. The highest BCUT2D eigenvalue weighted by Crippen LogP contribution is 2.38. The lowest BCUT2D eigenvalue weighted by atomic mass is 9.98. The van der Waals surface area contributed by atoms with Crippen molar-refractivity contribution < 1.29 is 4.39 Å². The Morgan fingerprint density at radius 2 is 2.10 bits per heavy atom. The molecule has 21 heavy (non-hydrogen) atoms. The highest BCUT2D eigenvalue weighted by atomic mass is 32.2. The summed E-state index contributed by atoms with van der Waals surface area (Å²) in [5.41, 5.74) is 2.51. The molecule has 1 N–H and O–H groups in total. The van der Waals surface area contributed by atoms with Crippen LogP contribution in [0.3, 0.4) is 0 Å². The molecule has 1 aliphatic rings. The zero-order chi connectivity index (χ0) is 14.7. The molecular weight excluding hydrogens is 281 g/mol. The highest BCUT2D eigenvalue weighted by molar-refractivity contribution is 8.00. The van der Waals surface area contributed by atoms with E-state index in [1.54, 1.807) is 12.1 Å². The zero-order valence-corrected chi connectivity index (χ0v) is 13.0. The first-order chi connectivity index (χ1) is 10.3. The van der Waals surface area contributed by atoms with Gasteiger partial charge in [-0.3, -0.25) is 0 Å². The summed E-state index contributed by atoms with van der Waals surface area (Å²) in [4.78, 5) is 1.39. The summed E-state index contributed by atoms with van der Waals surface area (Å²) in [6.45, 7) is 3.07. The number of hydrogen-bond donors (Lipinski definition) is 1. The average Bonchev–Trinajstić information content (AvgIpc) is 2.91. The minimum absolute atomic E-state index is 0.148. The van der Waals surface area contributed by atoms with Crippen molar-refractivity contribution in [2.24, 2.45) is 0 Å². The van der Waals surface area contributed by atoms with Crippen LogP contribution in [0, 0.1) is 5.82 Å². The molecule has 2 aromatic carbocycles. The second-order valence-corrected chi connectivity index (χ2v) is 6.75. The van der Waals surface area contributed by atoms with Gasteiger partial charge in [0.1, 0.15) is 5.82 Å². The van der Waals surface area contributed by atoms with Gasteiger partial charge in [0.15, 0.2) is 0 Å². The molecule has 2 aromatic rings. The van der Waals surface area contributed by atoms with Crippen LogP contribution in [0.4, 0.5) is 4.39 Å². The van der Waals surface area contributed by atoms with Gasteiger partial charge in [0.05, 0.1) is 0 Å². The number of rotatable bonds is 5. The maximum Gasteiger partial charge on any atom is 0.123 e. The fourth-order valence-corrected chi connectivity index (χ4v) is 4.35. The number of likely N-dealkylation sites (N-methyl/N-ethyl adjacent to an activating group) is 1. The molecule has 1 nitrogen and oxygen atoms in total. The maximum atomic E-state index is 13.4. The van der Waals surface area contributed by atoms with Crippen LogP contribution in [0.5, 0.6) is 0 Å².